The summed E-state index contributed by atoms with van der Waals surface area (Å²) < 4.78 is 0. The molecule has 1 aromatic heterocycles. The molecule has 1 aliphatic rings. The van der Waals surface area contributed by atoms with Crippen molar-refractivity contribution < 1.29 is 0 Å². The lowest BCUT2D eigenvalue weighted by molar-refractivity contribution is 0.411. The predicted octanol–water partition coefficient (Wildman–Crippen LogP) is 1.77. The fourth-order valence-electron chi connectivity index (χ4n) is 1.91. The molecule has 1 unspecified atom stereocenters. The van der Waals surface area contributed by atoms with Crippen molar-refractivity contribution >= 4 is 0 Å². The Kier molecular flexibility index (Phi) is 2.76. The van der Waals surface area contributed by atoms with Crippen molar-refractivity contribution in [3.05, 3.63) is 29.6 Å². The summed E-state index contributed by atoms with van der Waals surface area (Å²) >= 11 is 0. The molecular weight excluding hydrogens is 174 g/mol. The maximum absolute atomic E-state index is 8.91. The van der Waals surface area contributed by atoms with Gasteiger partial charge in [0.05, 0.1) is 0 Å². The predicted molar refractivity (Wildman–Crippen MR) is 53.5 cm³/mol. The smallest absolute Gasteiger partial charge is 0.145 e. The van der Waals surface area contributed by atoms with Gasteiger partial charge in [-0.1, -0.05) is 12.5 Å². The zero-order chi connectivity index (χ0) is 9.80. The molecule has 3 heteroatoms. The lowest BCUT2D eigenvalue weighted by Crippen LogP contribution is -2.27. The summed E-state index contributed by atoms with van der Waals surface area (Å²) in [5, 5.41) is 12.3. The molecule has 0 bridgehead atoms. The Balaban J connectivity index is 2.26. The summed E-state index contributed by atoms with van der Waals surface area (Å²) in [7, 11) is 0. The van der Waals surface area contributed by atoms with Gasteiger partial charge in [-0.15, -0.1) is 0 Å². The van der Waals surface area contributed by atoms with Crippen molar-refractivity contribution in [1.82, 2.24) is 10.3 Å². The number of aromatic nitrogens is 1. The largest absolute Gasteiger partial charge is 0.310 e. The summed E-state index contributed by atoms with van der Waals surface area (Å²) in [5.41, 5.74) is 1.61. The quantitative estimate of drug-likeness (QED) is 0.728. The molecule has 1 fully saturated rings. The molecule has 1 saturated heterocycles. The van der Waals surface area contributed by atoms with Gasteiger partial charge in [-0.3, -0.25) is 0 Å². The molecule has 1 aromatic rings. The minimum Gasteiger partial charge on any atom is -0.310 e. The maximum Gasteiger partial charge on any atom is 0.145 e. The number of pyridine rings is 1. The standard InChI is InChI=1S/C11H13N3/c12-8-11-9(4-3-7-14-11)10-5-1-2-6-13-10/h3-4,7,10,13H,1-2,5-6H2. The van der Waals surface area contributed by atoms with Gasteiger partial charge in [0.25, 0.3) is 0 Å². The van der Waals surface area contributed by atoms with Crippen molar-refractivity contribution in [1.29, 1.82) is 5.26 Å². The second kappa shape index (κ2) is 4.21. The van der Waals surface area contributed by atoms with Crippen LogP contribution in [0.4, 0.5) is 0 Å². The van der Waals surface area contributed by atoms with Crippen molar-refractivity contribution in [2.24, 2.45) is 0 Å². The molecule has 1 aliphatic heterocycles. The third kappa shape index (κ3) is 1.75. The first-order valence-electron chi connectivity index (χ1n) is 5.00. The van der Waals surface area contributed by atoms with E-state index in [1.807, 2.05) is 12.1 Å². The SMILES string of the molecule is N#Cc1ncccc1C1CCCCN1. The highest BCUT2D eigenvalue weighted by molar-refractivity contribution is 5.33. The Bertz CT molecular complexity index is 348. The van der Waals surface area contributed by atoms with E-state index in [0.717, 1.165) is 18.5 Å². The number of piperidine rings is 1. The van der Waals surface area contributed by atoms with Gasteiger partial charge in [0, 0.05) is 17.8 Å². The molecule has 3 nitrogen and oxygen atoms in total. The molecule has 0 aliphatic carbocycles. The minimum absolute atomic E-state index is 0.326. The summed E-state index contributed by atoms with van der Waals surface area (Å²) in [6, 6.07) is 6.36. The van der Waals surface area contributed by atoms with Gasteiger partial charge in [-0.05, 0) is 25.5 Å². The van der Waals surface area contributed by atoms with E-state index in [2.05, 4.69) is 16.4 Å². The lowest BCUT2D eigenvalue weighted by atomic mass is 9.97. The third-order valence-corrected chi connectivity index (χ3v) is 2.63. The van der Waals surface area contributed by atoms with Gasteiger partial charge in [0.2, 0.25) is 0 Å². The Morgan fingerprint density at radius 2 is 2.43 bits per heavy atom. The van der Waals surface area contributed by atoms with E-state index in [0.29, 0.717) is 11.7 Å². The lowest BCUT2D eigenvalue weighted by Gasteiger charge is -2.23. The van der Waals surface area contributed by atoms with E-state index in [-0.39, 0.29) is 0 Å². The Morgan fingerprint density at radius 1 is 1.50 bits per heavy atom. The zero-order valence-electron chi connectivity index (χ0n) is 8.03. The third-order valence-electron chi connectivity index (χ3n) is 2.63. The number of rotatable bonds is 1. The number of nitrogens with zero attached hydrogens (tertiary/aromatic N) is 2. The van der Waals surface area contributed by atoms with Crippen LogP contribution in [0.25, 0.3) is 0 Å². The first kappa shape index (κ1) is 9.17. The van der Waals surface area contributed by atoms with Crippen LogP contribution in [0.3, 0.4) is 0 Å². The number of hydrogen-bond donors (Lipinski definition) is 1. The van der Waals surface area contributed by atoms with Gasteiger partial charge >= 0.3 is 0 Å². The molecule has 2 heterocycles. The van der Waals surface area contributed by atoms with Gasteiger partial charge in [0.15, 0.2) is 0 Å². The summed E-state index contributed by atoms with van der Waals surface area (Å²) in [5.74, 6) is 0. The van der Waals surface area contributed by atoms with Crippen molar-refractivity contribution in [3.8, 4) is 6.07 Å². The molecule has 0 amide bonds. The van der Waals surface area contributed by atoms with E-state index < -0.39 is 0 Å². The van der Waals surface area contributed by atoms with E-state index in [9.17, 15) is 0 Å². The Labute approximate surface area is 83.8 Å². The van der Waals surface area contributed by atoms with Crippen LogP contribution < -0.4 is 5.32 Å². The van der Waals surface area contributed by atoms with Crippen LogP contribution >= 0.6 is 0 Å². The van der Waals surface area contributed by atoms with E-state index in [1.54, 1.807) is 6.20 Å². The summed E-state index contributed by atoms with van der Waals surface area (Å²) in [4.78, 5) is 4.07. The topological polar surface area (TPSA) is 48.7 Å². The Hall–Kier alpha value is -1.40. The van der Waals surface area contributed by atoms with Crippen molar-refractivity contribution in [2.75, 3.05) is 6.54 Å². The fourth-order valence-corrected chi connectivity index (χ4v) is 1.91. The molecular formula is C11H13N3. The average Bonchev–Trinajstić information content (AvgIpc) is 2.30. The van der Waals surface area contributed by atoms with Crippen LogP contribution in [0.1, 0.15) is 36.6 Å². The van der Waals surface area contributed by atoms with Crippen LogP contribution in [-0.4, -0.2) is 11.5 Å². The van der Waals surface area contributed by atoms with E-state index in [1.165, 1.54) is 12.8 Å². The molecule has 0 spiro atoms. The highest BCUT2D eigenvalue weighted by atomic mass is 14.9. The molecule has 1 N–H and O–H groups in total. The van der Waals surface area contributed by atoms with E-state index >= 15 is 0 Å². The number of hydrogen-bond acceptors (Lipinski definition) is 3. The van der Waals surface area contributed by atoms with Crippen LogP contribution in [-0.2, 0) is 0 Å². The summed E-state index contributed by atoms with van der Waals surface area (Å²) in [6.07, 6.45) is 5.25. The van der Waals surface area contributed by atoms with Gasteiger partial charge in [-0.2, -0.15) is 5.26 Å². The van der Waals surface area contributed by atoms with Crippen molar-refractivity contribution in [2.45, 2.75) is 25.3 Å². The van der Waals surface area contributed by atoms with Gasteiger partial charge in [0.1, 0.15) is 11.8 Å². The maximum atomic E-state index is 8.91. The second-order valence-corrected chi connectivity index (χ2v) is 3.56. The molecule has 2 rings (SSSR count). The van der Waals surface area contributed by atoms with Gasteiger partial charge < -0.3 is 5.32 Å². The van der Waals surface area contributed by atoms with Crippen LogP contribution in [0, 0.1) is 11.3 Å². The minimum atomic E-state index is 0.326. The molecule has 0 saturated carbocycles. The van der Waals surface area contributed by atoms with Crippen LogP contribution in [0.5, 0.6) is 0 Å². The number of nitriles is 1. The molecule has 14 heavy (non-hydrogen) atoms. The average molecular weight is 187 g/mol. The molecule has 0 aromatic carbocycles. The van der Waals surface area contributed by atoms with Gasteiger partial charge in [-0.25, -0.2) is 4.98 Å². The normalized spacial score (nSPS) is 21.5. The van der Waals surface area contributed by atoms with Crippen molar-refractivity contribution in [3.63, 3.8) is 0 Å². The molecule has 72 valence electrons. The zero-order valence-corrected chi connectivity index (χ0v) is 8.03. The first-order chi connectivity index (χ1) is 6.92. The van der Waals surface area contributed by atoms with Crippen LogP contribution in [0.2, 0.25) is 0 Å². The monoisotopic (exact) mass is 187 g/mol. The molecule has 1 atom stereocenters. The highest BCUT2D eigenvalue weighted by Crippen LogP contribution is 2.24. The summed E-state index contributed by atoms with van der Waals surface area (Å²) in [6.45, 7) is 1.05. The first-order valence-corrected chi connectivity index (χ1v) is 5.00. The second-order valence-electron chi connectivity index (χ2n) is 3.56. The van der Waals surface area contributed by atoms with E-state index in [4.69, 9.17) is 5.26 Å². The Morgan fingerprint density at radius 3 is 3.14 bits per heavy atom. The number of nitrogens with one attached hydrogen (secondary N) is 1. The highest BCUT2D eigenvalue weighted by Gasteiger charge is 2.17. The fraction of sp³-hybridized carbons (Fsp3) is 0.455. The van der Waals surface area contributed by atoms with Crippen LogP contribution in [0.15, 0.2) is 18.3 Å². The molecule has 0 radical (unpaired) electrons.